The van der Waals surface area contributed by atoms with Crippen molar-refractivity contribution < 1.29 is 27.5 Å². The van der Waals surface area contributed by atoms with Crippen molar-refractivity contribution in [3.05, 3.63) is 131 Å². The lowest BCUT2D eigenvalue weighted by atomic mass is 9.98. The van der Waals surface area contributed by atoms with E-state index in [2.05, 4.69) is 10.6 Å². The fourth-order valence-corrected chi connectivity index (χ4v) is 5.41. The SMILES string of the molecule is N[C@@H](Cc1ccccc1)C(=O)N[C@@H](CNC(=O)OCC1c2ccccc2-c2ccccc21)Cc1ccc(C(F)(F)F)cc1. The molecule has 0 fully saturated rings. The Bertz CT molecular complexity index is 1510. The minimum absolute atomic E-state index is 0.0124. The highest BCUT2D eigenvalue weighted by molar-refractivity contribution is 5.82. The van der Waals surface area contributed by atoms with Crippen molar-refractivity contribution in [3.8, 4) is 11.1 Å². The van der Waals surface area contributed by atoms with Crippen LogP contribution in [0.3, 0.4) is 0 Å². The maximum Gasteiger partial charge on any atom is 0.416 e. The molecule has 0 spiro atoms. The predicted molar refractivity (Wildman–Crippen MR) is 158 cm³/mol. The Balaban J connectivity index is 1.23. The van der Waals surface area contributed by atoms with E-state index >= 15 is 0 Å². The van der Waals surface area contributed by atoms with Crippen molar-refractivity contribution in [3.63, 3.8) is 0 Å². The summed E-state index contributed by atoms with van der Waals surface area (Å²) in [7, 11) is 0. The molecule has 0 unspecified atom stereocenters. The van der Waals surface area contributed by atoms with Crippen molar-refractivity contribution in [2.24, 2.45) is 5.73 Å². The summed E-state index contributed by atoms with van der Waals surface area (Å²) in [6.45, 7) is 0.110. The maximum atomic E-state index is 13.0. The molecular weight excluding hydrogens is 555 g/mol. The number of hydrogen-bond acceptors (Lipinski definition) is 4. The van der Waals surface area contributed by atoms with Crippen molar-refractivity contribution in [2.75, 3.05) is 13.2 Å². The third kappa shape index (κ3) is 7.42. The van der Waals surface area contributed by atoms with Gasteiger partial charge in [-0.2, -0.15) is 13.2 Å². The van der Waals surface area contributed by atoms with E-state index in [1.54, 1.807) is 0 Å². The number of nitrogens with one attached hydrogen (secondary N) is 2. The van der Waals surface area contributed by atoms with Gasteiger partial charge < -0.3 is 21.1 Å². The molecule has 0 bridgehead atoms. The number of carbonyl (C=O) groups excluding carboxylic acids is 2. The molecule has 222 valence electrons. The van der Waals surface area contributed by atoms with Gasteiger partial charge in [-0.1, -0.05) is 91.0 Å². The summed E-state index contributed by atoms with van der Waals surface area (Å²) in [5.74, 6) is -0.549. The van der Waals surface area contributed by atoms with E-state index in [0.29, 0.717) is 12.0 Å². The summed E-state index contributed by atoms with van der Waals surface area (Å²) >= 11 is 0. The van der Waals surface area contributed by atoms with E-state index in [0.717, 1.165) is 39.9 Å². The number of amides is 2. The Morgan fingerprint density at radius 1 is 0.767 bits per heavy atom. The topological polar surface area (TPSA) is 93.5 Å². The van der Waals surface area contributed by atoms with Gasteiger partial charge in [0.05, 0.1) is 17.6 Å². The minimum Gasteiger partial charge on any atom is -0.449 e. The number of benzene rings is 4. The molecule has 9 heteroatoms. The van der Waals surface area contributed by atoms with Crippen LogP contribution in [-0.4, -0.2) is 37.2 Å². The number of halogens is 3. The zero-order chi connectivity index (χ0) is 30.4. The Morgan fingerprint density at radius 2 is 1.33 bits per heavy atom. The molecule has 0 saturated heterocycles. The van der Waals surface area contributed by atoms with Gasteiger partial charge in [0.1, 0.15) is 6.61 Å². The largest absolute Gasteiger partial charge is 0.449 e. The molecule has 5 rings (SSSR count). The molecule has 0 radical (unpaired) electrons. The first-order valence-corrected chi connectivity index (χ1v) is 14.0. The van der Waals surface area contributed by atoms with Crippen LogP contribution in [0.5, 0.6) is 0 Å². The van der Waals surface area contributed by atoms with Crippen LogP contribution in [0, 0.1) is 0 Å². The van der Waals surface area contributed by atoms with Crippen LogP contribution in [0.4, 0.5) is 18.0 Å². The number of ether oxygens (including phenoxy) is 1. The van der Waals surface area contributed by atoms with Gasteiger partial charge in [0, 0.05) is 12.5 Å². The average Bonchev–Trinajstić information content (AvgIpc) is 3.32. The molecule has 0 heterocycles. The Kier molecular flexibility index (Phi) is 9.11. The second-order valence-electron chi connectivity index (χ2n) is 10.6. The molecule has 4 N–H and O–H groups in total. The first-order chi connectivity index (χ1) is 20.7. The third-order valence-electron chi connectivity index (χ3n) is 7.58. The molecule has 43 heavy (non-hydrogen) atoms. The van der Waals surface area contributed by atoms with Crippen molar-refractivity contribution in [2.45, 2.75) is 37.0 Å². The van der Waals surface area contributed by atoms with Gasteiger partial charge >= 0.3 is 12.3 Å². The molecule has 0 aliphatic heterocycles. The summed E-state index contributed by atoms with van der Waals surface area (Å²) in [5.41, 5.74) is 11.2. The second-order valence-corrected chi connectivity index (χ2v) is 10.6. The first kappa shape index (κ1) is 29.8. The molecule has 4 aromatic rings. The predicted octanol–water partition coefficient (Wildman–Crippen LogP) is 5.84. The molecule has 0 saturated carbocycles. The van der Waals surface area contributed by atoms with E-state index in [1.807, 2.05) is 78.9 Å². The molecule has 6 nitrogen and oxygen atoms in total. The van der Waals surface area contributed by atoms with Crippen LogP contribution < -0.4 is 16.4 Å². The lowest BCUT2D eigenvalue weighted by Gasteiger charge is -2.22. The molecule has 2 amide bonds. The van der Waals surface area contributed by atoms with E-state index in [1.165, 1.54) is 12.1 Å². The van der Waals surface area contributed by atoms with Crippen LogP contribution in [0.15, 0.2) is 103 Å². The first-order valence-electron chi connectivity index (χ1n) is 14.0. The monoisotopic (exact) mass is 587 g/mol. The quantitative estimate of drug-likeness (QED) is 0.217. The molecule has 4 aromatic carbocycles. The van der Waals surface area contributed by atoms with Gasteiger partial charge in [-0.25, -0.2) is 4.79 Å². The highest BCUT2D eigenvalue weighted by Crippen LogP contribution is 2.44. The maximum absolute atomic E-state index is 13.0. The lowest BCUT2D eigenvalue weighted by Crippen LogP contribution is -2.51. The minimum atomic E-state index is -4.46. The van der Waals surface area contributed by atoms with Crippen LogP contribution >= 0.6 is 0 Å². The number of carbonyl (C=O) groups is 2. The van der Waals surface area contributed by atoms with E-state index < -0.39 is 35.8 Å². The van der Waals surface area contributed by atoms with Crippen LogP contribution in [0.2, 0.25) is 0 Å². The highest BCUT2D eigenvalue weighted by Gasteiger charge is 2.31. The number of fused-ring (bicyclic) bond motifs is 3. The van der Waals surface area contributed by atoms with Gasteiger partial charge in [-0.15, -0.1) is 0 Å². The fraction of sp³-hybridized carbons (Fsp3) is 0.235. The van der Waals surface area contributed by atoms with Crippen LogP contribution in [0.1, 0.15) is 33.7 Å². The fourth-order valence-electron chi connectivity index (χ4n) is 5.41. The smallest absolute Gasteiger partial charge is 0.416 e. The summed E-state index contributed by atoms with van der Waals surface area (Å²) in [4.78, 5) is 25.8. The van der Waals surface area contributed by atoms with Crippen LogP contribution in [-0.2, 0) is 28.5 Å². The number of rotatable bonds is 10. The molecule has 0 aromatic heterocycles. The lowest BCUT2D eigenvalue weighted by molar-refractivity contribution is -0.137. The third-order valence-corrected chi connectivity index (χ3v) is 7.58. The van der Waals surface area contributed by atoms with E-state index in [-0.39, 0.29) is 25.5 Å². The summed E-state index contributed by atoms with van der Waals surface area (Å²) in [5, 5.41) is 5.56. The van der Waals surface area contributed by atoms with Crippen molar-refractivity contribution >= 4 is 12.0 Å². The number of alkyl carbamates (subject to hydrolysis) is 1. The normalized spacial score (nSPS) is 13.9. The molecule has 1 aliphatic carbocycles. The van der Waals surface area contributed by atoms with E-state index in [9.17, 15) is 22.8 Å². The summed E-state index contributed by atoms with van der Waals surface area (Å²) in [6.07, 6.45) is -4.64. The molecule has 2 atom stereocenters. The Labute approximate surface area is 248 Å². The Hall–Kier alpha value is -4.63. The van der Waals surface area contributed by atoms with Crippen molar-refractivity contribution in [1.29, 1.82) is 0 Å². The van der Waals surface area contributed by atoms with Gasteiger partial charge in [0.15, 0.2) is 0 Å². The standard InChI is InChI=1S/C34H32F3N3O3/c35-34(36,37)24-16-14-23(15-17-24)18-25(40-32(41)31(38)19-22-8-2-1-3-9-22)20-39-33(42)43-21-30-28-12-6-4-10-26(28)27-11-5-7-13-29(27)30/h1-17,25,30-31H,18-21,38H2,(H,39,42)(H,40,41)/t25-,31+/m1/s1. The summed E-state index contributed by atoms with van der Waals surface area (Å²) in [6, 6.07) is 28.5. The number of nitrogens with two attached hydrogens (primary N) is 1. The van der Waals surface area contributed by atoms with Gasteiger partial charge in [0.25, 0.3) is 0 Å². The molecule has 1 aliphatic rings. The Morgan fingerprint density at radius 3 is 1.93 bits per heavy atom. The van der Waals surface area contributed by atoms with Gasteiger partial charge in [-0.05, 0) is 58.4 Å². The number of alkyl halides is 3. The average molecular weight is 588 g/mol. The zero-order valence-electron chi connectivity index (χ0n) is 23.3. The molecular formula is C34H32F3N3O3. The van der Waals surface area contributed by atoms with Gasteiger partial charge in [0.2, 0.25) is 5.91 Å². The number of hydrogen-bond donors (Lipinski definition) is 3. The van der Waals surface area contributed by atoms with E-state index in [4.69, 9.17) is 10.5 Å². The second kappa shape index (κ2) is 13.1. The van der Waals surface area contributed by atoms with Gasteiger partial charge in [-0.3, -0.25) is 4.79 Å². The van der Waals surface area contributed by atoms with Crippen LogP contribution in [0.25, 0.3) is 11.1 Å². The zero-order valence-corrected chi connectivity index (χ0v) is 23.3. The summed E-state index contributed by atoms with van der Waals surface area (Å²) < 4.78 is 44.8. The van der Waals surface area contributed by atoms with Crippen molar-refractivity contribution in [1.82, 2.24) is 10.6 Å². The highest BCUT2D eigenvalue weighted by atomic mass is 19.4.